The van der Waals surface area contributed by atoms with E-state index in [1.54, 1.807) is 43.5 Å². The third-order valence-electron chi connectivity index (χ3n) is 4.14. The Kier molecular flexibility index (Phi) is 8.43. The van der Waals surface area contributed by atoms with Gasteiger partial charge in [0.2, 0.25) is 0 Å². The summed E-state index contributed by atoms with van der Waals surface area (Å²) in [6.07, 6.45) is 1.44. The van der Waals surface area contributed by atoms with Crippen molar-refractivity contribution in [2.24, 2.45) is 5.10 Å². The standard InChI is InChI=1S/C22H16Cl3IN2O3/c1-30-20-10-14(6-7-19(20)26)22(29)28-27-11-13-8-17(24)21(18(25)9-13)31-12-15-4-2-3-5-16(15)23/h2-11H,12H2,1H3,(H,28,29)/b27-11-. The van der Waals surface area contributed by atoms with Gasteiger partial charge in [0.1, 0.15) is 12.4 Å². The number of hydrogen-bond donors (Lipinski definition) is 1. The second-order valence-electron chi connectivity index (χ2n) is 6.24. The van der Waals surface area contributed by atoms with E-state index in [-0.39, 0.29) is 12.5 Å². The van der Waals surface area contributed by atoms with Gasteiger partial charge in [-0.25, -0.2) is 5.43 Å². The van der Waals surface area contributed by atoms with Crippen LogP contribution in [-0.4, -0.2) is 19.2 Å². The van der Waals surface area contributed by atoms with Gasteiger partial charge in [-0.05, 0) is 64.6 Å². The fourth-order valence-electron chi connectivity index (χ4n) is 2.59. The molecule has 0 aliphatic heterocycles. The number of carbonyl (C=O) groups excluding carboxylic acids is 1. The maximum Gasteiger partial charge on any atom is 0.271 e. The van der Waals surface area contributed by atoms with Crippen LogP contribution < -0.4 is 14.9 Å². The van der Waals surface area contributed by atoms with Crippen molar-refractivity contribution in [2.45, 2.75) is 6.61 Å². The van der Waals surface area contributed by atoms with Crippen LogP contribution >= 0.6 is 57.4 Å². The van der Waals surface area contributed by atoms with Gasteiger partial charge in [-0.3, -0.25) is 4.79 Å². The zero-order valence-electron chi connectivity index (χ0n) is 16.2. The van der Waals surface area contributed by atoms with Crippen LogP contribution in [0.1, 0.15) is 21.5 Å². The molecule has 160 valence electrons. The average Bonchev–Trinajstić information content (AvgIpc) is 2.74. The predicted octanol–water partition coefficient (Wildman–Crippen LogP) is 6.60. The Labute approximate surface area is 208 Å². The molecular formula is C22H16Cl3IN2O3. The molecule has 3 rings (SSSR count). The molecule has 5 nitrogen and oxygen atoms in total. The van der Waals surface area contributed by atoms with Gasteiger partial charge in [-0.1, -0.05) is 53.0 Å². The lowest BCUT2D eigenvalue weighted by Gasteiger charge is -2.11. The molecular weight excluding hydrogens is 574 g/mol. The lowest BCUT2D eigenvalue weighted by Crippen LogP contribution is -2.17. The van der Waals surface area contributed by atoms with E-state index >= 15 is 0 Å². The molecule has 0 aliphatic carbocycles. The van der Waals surface area contributed by atoms with Gasteiger partial charge in [0.25, 0.3) is 5.91 Å². The Hall–Kier alpha value is -2.00. The highest BCUT2D eigenvalue weighted by molar-refractivity contribution is 14.1. The van der Waals surface area contributed by atoms with E-state index in [1.165, 1.54) is 6.21 Å². The molecule has 1 N–H and O–H groups in total. The minimum atomic E-state index is -0.372. The number of nitrogens with one attached hydrogen (secondary N) is 1. The summed E-state index contributed by atoms with van der Waals surface area (Å²) in [4.78, 5) is 12.3. The number of ether oxygens (including phenoxy) is 2. The molecule has 0 unspecified atom stereocenters. The van der Waals surface area contributed by atoms with Crippen LogP contribution in [0.3, 0.4) is 0 Å². The monoisotopic (exact) mass is 588 g/mol. The summed E-state index contributed by atoms with van der Waals surface area (Å²) in [6, 6.07) is 15.7. The third kappa shape index (κ3) is 6.26. The predicted molar refractivity (Wildman–Crippen MR) is 133 cm³/mol. The number of amides is 1. The van der Waals surface area contributed by atoms with Gasteiger partial charge in [0.15, 0.2) is 5.75 Å². The van der Waals surface area contributed by atoms with Crippen molar-refractivity contribution in [2.75, 3.05) is 7.11 Å². The van der Waals surface area contributed by atoms with E-state index in [0.29, 0.717) is 37.7 Å². The van der Waals surface area contributed by atoms with Crippen molar-refractivity contribution in [3.8, 4) is 11.5 Å². The molecule has 0 aliphatic rings. The number of benzene rings is 3. The molecule has 0 bridgehead atoms. The Morgan fingerprint density at radius 3 is 2.45 bits per heavy atom. The number of methoxy groups -OCH3 is 1. The first-order valence-electron chi connectivity index (χ1n) is 8.91. The smallest absolute Gasteiger partial charge is 0.271 e. The van der Waals surface area contributed by atoms with Crippen molar-refractivity contribution < 1.29 is 14.3 Å². The molecule has 0 aromatic heterocycles. The minimum Gasteiger partial charge on any atom is -0.496 e. The number of hydrazone groups is 1. The van der Waals surface area contributed by atoms with Gasteiger partial charge < -0.3 is 9.47 Å². The van der Waals surface area contributed by atoms with Crippen LogP contribution in [0.2, 0.25) is 15.1 Å². The van der Waals surface area contributed by atoms with Crippen LogP contribution in [0.25, 0.3) is 0 Å². The average molecular weight is 590 g/mol. The first-order chi connectivity index (χ1) is 14.9. The summed E-state index contributed by atoms with van der Waals surface area (Å²) < 4.78 is 11.9. The SMILES string of the molecule is COc1cc(C(=O)N/N=C\c2cc(Cl)c(OCc3ccccc3Cl)c(Cl)c2)ccc1I. The van der Waals surface area contributed by atoms with Crippen LogP contribution in [0.15, 0.2) is 59.7 Å². The molecule has 3 aromatic carbocycles. The second kappa shape index (κ2) is 11.0. The third-order valence-corrected chi connectivity index (χ3v) is 5.96. The lowest BCUT2D eigenvalue weighted by molar-refractivity contribution is 0.0954. The summed E-state index contributed by atoms with van der Waals surface area (Å²) in [5.74, 6) is 0.585. The van der Waals surface area contributed by atoms with E-state index in [4.69, 9.17) is 44.3 Å². The Balaban J connectivity index is 1.66. The second-order valence-corrected chi connectivity index (χ2v) is 8.63. The van der Waals surface area contributed by atoms with Crippen LogP contribution in [0.5, 0.6) is 11.5 Å². The molecule has 0 atom stereocenters. The maximum absolute atomic E-state index is 12.3. The number of carbonyl (C=O) groups is 1. The van der Waals surface area contributed by atoms with Gasteiger partial charge in [-0.2, -0.15) is 5.10 Å². The normalized spacial score (nSPS) is 10.9. The molecule has 9 heteroatoms. The Morgan fingerprint density at radius 1 is 1.06 bits per heavy atom. The zero-order chi connectivity index (χ0) is 22.4. The molecule has 0 heterocycles. The summed E-state index contributed by atoms with van der Waals surface area (Å²) in [6.45, 7) is 0.224. The molecule has 0 fully saturated rings. The first kappa shape index (κ1) is 23.7. The number of halogens is 4. The quantitative estimate of drug-likeness (QED) is 0.192. The fourth-order valence-corrected chi connectivity index (χ4v) is 3.95. The van der Waals surface area contributed by atoms with Crippen molar-refractivity contribution in [1.82, 2.24) is 5.43 Å². The van der Waals surface area contributed by atoms with Crippen molar-refractivity contribution in [1.29, 1.82) is 0 Å². The van der Waals surface area contributed by atoms with E-state index in [2.05, 4.69) is 33.1 Å². The van der Waals surface area contributed by atoms with E-state index in [9.17, 15) is 4.79 Å². The largest absolute Gasteiger partial charge is 0.496 e. The Morgan fingerprint density at radius 2 is 1.77 bits per heavy atom. The number of rotatable bonds is 7. The molecule has 1 amide bonds. The van der Waals surface area contributed by atoms with Crippen LogP contribution in [0.4, 0.5) is 0 Å². The van der Waals surface area contributed by atoms with Gasteiger partial charge in [0.05, 0.1) is 26.9 Å². The minimum absolute atomic E-state index is 0.224. The van der Waals surface area contributed by atoms with Crippen molar-refractivity contribution in [3.63, 3.8) is 0 Å². The molecule has 3 aromatic rings. The molecule has 0 radical (unpaired) electrons. The number of nitrogens with zero attached hydrogens (tertiary/aromatic N) is 1. The zero-order valence-corrected chi connectivity index (χ0v) is 20.6. The summed E-state index contributed by atoms with van der Waals surface area (Å²) in [5.41, 5.74) is 4.30. The highest BCUT2D eigenvalue weighted by Gasteiger charge is 2.11. The Bertz CT molecular complexity index is 1120. The summed E-state index contributed by atoms with van der Waals surface area (Å²) in [5, 5.41) is 5.20. The first-order valence-corrected chi connectivity index (χ1v) is 11.1. The van der Waals surface area contributed by atoms with Crippen LogP contribution in [-0.2, 0) is 6.61 Å². The van der Waals surface area contributed by atoms with Crippen molar-refractivity contribution in [3.05, 3.63) is 89.9 Å². The van der Waals surface area contributed by atoms with E-state index in [0.717, 1.165) is 9.13 Å². The highest BCUT2D eigenvalue weighted by Crippen LogP contribution is 2.35. The van der Waals surface area contributed by atoms with Gasteiger partial charge in [-0.15, -0.1) is 0 Å². The van der Waals surface area contributed by atoms with E-state index in [1.807, 2.05) is 18.2 Å². The maximum atomic E-state index is 12.3. The topological polar surface area (TPSA) is 59.9 Å². The summed E-state index contributed by atoms with van der Waals surface area (Å²) >= 11 is 20.9. The number of hydrogen-bond acceptors (Lipinski definition) is 4. The van der Waals surface area contributed by atoms with E-state index < -0.39 is 0 Å². The van der Waals surface area contributed by atoms with Gasteiger partial charge >= 0.3 is 0 Å². The molecule has 31 heavy (non-hydrogen) atoms. The molecule has 0 saturated heterocycles. The van der Waals surface area contributed by atoms with Crippen molar-refractivity contribution >= 4 is 69.5 Å². The highest BCUT2D eigenvalue weighted by atomic mass is 127. The molecule has 0 spiro atoms. The van der Waals surface area contributed by atoms with Gasteiger partial charge in [0, 0.05) is 16.1 Å². The lowest BCUT2D eigenvalue weighted by atomic mass is 10.2. The fraction of sp³-hybridized carbons (Fsp3) is 0.0909. The van der Waals surface area contributed by atoms with Crippen LogP contribution in [0, 0.1) is 3.57 Å². The summed E-state index contributed by atoms with van der Waals surface area (Å²) in [7, 11) is 1.55. The molecule has 0 saturated carbocycles.